The standard InChI is InChI=1S/C13H13ClN2O/c1-9-13(10(2)17)15-8-16(9)7-11-3-5-12(14)6-4-11/h3-6,8,17H,2,7H2,1H3. The van der Waals surface area contributed by atoms with Crippen molar-refractivity contribution in [3.05, 3.63) is 59.1 Å². The van der Waals surface area contributed by atoms with Crippen molar-refractivity contribution >= 4 is 17.4 Å². The first-order valence-electron chi connectivity index (χ1n) is 5.22. The fourth-order valence-corrected chi connectivity index (χ4v) is 1.80. The maximum absolute atomic E-state index is 9.33. The van der Waals surface area contributed by atoms with Gasteiger partial charge in [-0.15, -0.1) is 0 Å². The number of aliphatic hydroxyl groups is 1. The van der Waals surface area contributed by atoms with Crippen LogP contribution in [0.5, 0.6) is 0 Å². The molecule has 3 nitrogen and oxygen atoms in total. The zero-order valence-corrected chi connectivity index (χ0v) is 10.3. The Bertz CT molecular complexity index is 543. The average molecular weight is 249 g/mol. The summed E-state index contributed by atoms with van der Waals surface area (Å²) in [5.41, 5.74) is 2.57. The summed E-state index contributed by atoms with van der Waals surface area (Å²) in [5.74, 6) is -0.00245. The minimum atomic E-state index is -0.00245. The van der Waals surface area contributed by atoms with Crippen molar-refractivity contribution in [2.45, 2.75) is 13.5 Å². The summed E-state index contributed by atoms with van der Waals surface area (Å²) in [6.07, 6.45) is 1.70. The molecule has 17 heavy (non-hydrogen) atoms. The van der Waals surface area contributed by atoms with E-state index in [-0.39, 0.29) is 5.76 Å². The second-order valence-electron chi connectivity index (χ2n) is 3.88. The number of rotatable bonds is 3. The maximum Gasteiger partial charge on any atom is 0.135 e. The second-order valence-corrected chi connectivity index (χ2v) is 4.32. The van der Waals surface area contributed by atoms with Crippen LogP contribution in [-0.4, -0.2) is 14.7 Å². The first-order chi connectivity index (χ1) is 8.08. The number of hydrogen-bond donors (Lipinski definition) is 1. The molecule has 1 heterocycles. The highest BCUT2D eigenvalue weighted by Crippen LogP contribution is 2.16. The Balaban J connectivity index is 2.24. The Morgan fingerprint density at radius 2 is 2.06 bits per heavy atom. The lowest BCUT2D eigenvalue weighted by Gasteiger charge is -2.06. The van der Waals surface area contributed by atoms with Crippen molar-refractivity contribution < 1.29 is 5.11 Å². The molecule has 0 fully saturated rings. The van der Waals surface area contributed by atoms with Gasteiger partial charge in [0.05, 0.1) is 6.33 Å². The Kier molecular flexibility index (Phi) is 3.20. The third-order valence-corrected chi connectivity index (χ3v) is 2.89. The average Bonchev–Trinajstić information content (AvgIpc) is 2.64. The van der Waals surface area contributed by atoms with Gasteiger partial charge in [-0.25, -0.2) is 4.98 Å². The van der Waals surface area contributed by atoms with Gasteiger partial charge in [0.1, 0.15) is 11.5 Å². The fourth-order valence-electron chi connectivity index (χ4n) is 1.67. The van der Waals surface area contributed by atoms with Gasteiger partial charge < -0.3 is 9.67 Å². The highest BCUT2D eigenvalue weighted by Gasteiger charge is 2.08. The number of aliphatic hydroxyl groups excluding tert-OH is 1. The molecular weight excluding hydrogens is 236 g/mol. The largest absolute Gasteiger partial charge is 0.506 e. The molecule has 0 radical (unpaired) electrons. The van der Waals surface area contributed by atoms with E-state index in [4.69, 9.17) is 11.6 Å². The van der Waals surface area contributed by atoms with Crippen molar-refractivity contribution in [2.24, 2.45) is 0 Å². The topological polar surface area (TPSA) is 38.1 Å². The van der Waals surface area contributed by atoms with Gasteiger partial charge in [-0.3, -0.25) is 0 Å². The molecule has 0 spiro atoms. The van der Waals surface area contributed by atoms with E-state index in [0.717, 1.165) is 16.3 Å². The van der Waals surface area contributed by atoms with E-state index in [2.05, 4.69) is 11.6 Å². The predicted octanol–water partition coefficient (Wildman–Crippen LogP) is 3.42. The van der Waals surface area contributed by atoms with E-state index in [9.17, 15) is 5.11 Å². The van der Waals surface area contributed by atoms with Crippen LogP contribution in [-0.2, 0) is 6.54 Å². The lowest BCUT2D eigenvalue weighted by atomic mass is 10.2. The van der Waals surface area contributed by atoms with Crippen LogP contribution in [0, 0.1) is 6.92 Å². The molecule has 0 saturated heterocycles. The van der Waals surface area contributed by atoms with E-state index in [1.165, 1.54) is 0 Å². The van der Waals surface area contributed by atoms with E-state index in [1.807, 2.05) is 35.8 Å². The zero-order chi connectivity index (χ0) is 12.4. The van der Waals surface area contributed by atoms with E-state index in [1.54, 1.807) is 6.33 Å². The van der Waals surface area contributed by atoms with Gasteiger partial charge in [0.25, 0.3) is 0 Å². The minimum absolute atomic E-state index is 0.00245. The van der Waals surface area contributed by atoms with Gasteiger partial charge in [-0.1, -0.05) is 30.3 Å². The number of nitrogens with zero attached hydrogens (tertiary/aromatic N) is 2. The van der Waals surface area contributed by atoms with E-state index >= 15 is 0 Å². The number of aromatic nitrogens is 2. The van der Waals surface area contributed by atoms with Crippen molar-refractivity contribution in [1.29, 1.82) is 0 Å². The molecule has 0 atom stereocenters. The van der Waals surface area contributed by atoms with Crippen molar-refractivity contribution in [3.8, 4) is 0 Å². The van der Waals surface area contributed by atoms with Gasteiger partial charge >= 0.3 is 0 Å². The second kappa shape index (κ2) is 4.63. The summed E-state index contributed by atoms with van der Waals surface area (Å²) in [6, 6.07) is 7.65. The van der Waals surface area contributed by atoms with Crippen LogP contribution in [0.15, 0.2) is 37.2 Å². The quantitative estimate of drug-likeness (QED) is 0.846. The predicted molar refractivity (Wildman–Crippen MR) is 69.2 cm³/mol. The first-order valence-corrected chi connectivity index (χ1v) is 5.60. The molecule has 1 aromatic carbocycles. The Hall–Kier alpha value is -1.74. The van der Waals surface area contributed by atoms with Crippen LogP contribution in [0.4, 0.5) is 0 Å². The molecule has 0 amide bonds. The molecule has 1 N–H and O–H groups in total. The summed E-state index contributed by atoms with van der Waals surface area (Å²) in [6.45, 7) is 6.08. The number of benzene rings is 1. The van der Waals surface area contributed by atoms with Crippen molar-refractivity contribution in [2.75, 3.05) is 0 Å². The first kappa shape index (κ1) is 11.7. The highest BCUT2D eigenvalue weighted by atomic mass is 35.5. The zero-order valence-electron chi connectivity index (χ0n) is 9.52. The van der Waals surface area contributed by atoms with Crippen LogP contribution in [0.3, 0.4) is 0 Å². The molecule has 2 aromatic rings. The molecular formula is C13H13ClN2O. The maximum atomic E-state index is 9.33. The van der Waals surface area contributed by atoms with Crippen LogP contribution in [0.1, 0.15) is 17.0 Å². The molecule has 0 aliphatic rings. The van der Waals surface area contributed by atoms with Gasteiger partial charge in [-0.05, 0) is 24.6 Å². The lowest BCUT2D eigenvalue weighted by molar-refractivity contribution is 0.510. The third-order valence-electron chi connectivity index (χ3n) is 2.64. The fraction of sp³-hybridized carbons (Fsp3) is 0.154. The molecule has 0 saturated carbocycles. The summed E-state index contributed by atoms with van der Waals surface area (Å²) in [4.78, 5) is 4.12. The Morgan fingerprint density at radius 3 is 2.59 bits per heavy atom. The Morgan fingerprint density at radius 1 is 1.41 bits per heavy atom. The minimum Gasteiger partial charge on any atom is -0.506 e. The molecule has 0 aliphatic carbocycles. The summed E-state index contributed by atoms with van der Waals surface area (Å²) in [5, 5.41) is 10.1. The van der Waals surface area contributed by atoms with Crippen LogP contribution in [0.25, 0.3) is 5.76 Å². The SMILES string of the molecule is C=C(O)c1ncn(Cc2ccc(Cl)cc2)c1C. The van der Waals surface area contributed by atoms with Crippen LogP contribution >= 0.6 is 11.6 Å². The lowest BCUT2D eigenvalue weighted by Crippen LogP contribution is -2.00. The molecule has 4 heteroatoms. The number of imidazole rings is 1. The van der Waals surface area contributed by atoms with Gasteiger partial charge in [0, 0.05) is 17.3 Å². The van der Waals surface area contributed by atoms with Crippen LogP contribution < -0.4 is 0 Å². The number of hydrogen-bond acceptors (Lipinski definition) is 2. The Labute approximate surface area is 105 Å². The van der Waals surface area contributed by atoms with Gasteiger partial charge in [0.15, 0.2) is 0 Å². The smallest absolute Gasteiger partial charge is 0.135 e. The summed E-state index contributed by atoms with van der Waals surface area (Å²) >= 11 is 5.83. The van der Waals surface area contributed by atoms with Crippen molar-refractivity contribution in [1.82, 2.24) is 9.55 Å². The highest BCUT2D eigenvalue weighted by molar-refractivity contribution is 6.30. The monoisotopic (exact) mass is 248 g/mol. The molecule has 0 aliphatic heterocycles. The van der Waals surface area contributed by atoms with Gasteiger partial charge in [0.2, 0.25) is 0 Å². The van der Waals surface area contributed by atoms with Crippen LogP contribution in [0.2, 0.25) is 5.02 Å². The molecule has 1 aromatic heterocycles. The molecule has 88 valence electrons. The normalized spacial score (nSPS) is 10.5. The third kappa shape index (κ3) is 2.50. The van der Waals surface area contributed by atoms with E-state index < -0.39 is 0 Å². The molecule has 2 rings (SSSR count). The number of halogens is 1. The molecule has 0 bridgehead atoms. The summed E-state index contributed by atoms with van der Waals surface area (Å²) in [7, 11) is 0. The van der Waals surface area contributed by atoms with Crippen molar-refractivity contribution in [3.63, 3.8) is 0 Å². The van der Waals surface area contributed by atoms with Gasteiger partial charge in [-0.2, -0.15) is 0 Å². The molecule has 0 unspecified atom stereocenters. The van der Waals surface area contributed by atoms with E-state index in [0.29, 0.717) is 12.2 Å². The summed E-state index contributed by atoms with van der Waals surface area (Å²) < 4.78 is 1.96.